The normalized spacial score (nSPS) is 30.4. The number of allylic oxidation sites excluding steroid dienone is 4. The molecule has 0 radical (unpaired) electrons. The zero-order valence-electron chi connectivity index (χ0n) is 15.0. The van der Waals surface area contributed by atoms with Crippen molar-refractivity contribution in [2.24, 2.45) is 0 Å². The lowest BCUT2D eigenvalue weighted by atomic mass is 9.82. The maximum Gasteiger partial charge on any atom is 0.306 e. The summed E-state index contributed by atoms with van der Waals surface area (Å²) in [7, 11) is 0. The van der Waals surface area contributed by atoms with Crippen molar-refractivity contribution in [1.29, 1.82) is 0 Å². The summed E-state index contributed by atoms with van der Waals surface area (Å²) in [5.41, 5.74) is -0.604. The predicted octanol–water partition coefficient (Wildman–Crippen LogP) is 2.67. The Balaban J connectivity index is 2.35. The Morgan fingerprint density at radius 2 is 1.80 bits per heavy atom. The Morgan fingerprint density at radius 3 is 2.35 bits per heavy atom. The molecule has 2 rings (SSSR count). The molecule has 0 aromatic carbocycles. The van der Waals surface area contributed by atoms with Crippen molar-refractivity contribution in [2.75, 3.05) is 0 Å². The van der Waals surface area contributed by atoms with E-state index in [1.54, 1.807) is 6.92 Å². The summed E-state index contributed by atoms with van der Waals surface area (Å²) in [6.45, 7) is 2.12. The van der Waals surface area contributed by atoms with Crippen molar-refractivity contribution in [2.45, 2.75) is 58.9 Å². The van der Waals surface area contributed by atoms with Gasteiger partial charge in [0.15, 0.2) is 11.6 Å². The number of carbonyl (C=O) groups is 3. The van der Waals surface area contributed by atoms with Gasteiger partial charge in [0.2, 0.25) is 0 Å². The largest absolute Gasteiger partial charge is 0.459 e. The highest BCUT2D eigenvalue weighted by atomic mass is 16.6. The number of ether oxygens (including phenoxy) is 1. The maximum atomic E-state index is 12.5. The monoisotopic (exact) mass is 279 g/mol. The van der Waals surface area contributed by atoms with Gasteiger partial charge in [-0.25, -0.2) is 0 Å². The van der Waals surface area contributed by atoms with Gasteiger partial charge in [0.25, 0.3) is 0 Å². The number of rotatable bonds is 3. The molecule has 108 valence electrons. The highest BCUT2D eigenvalue weighted by molar-refractivity contribution is 6.24. The third kappa shape index (κ3) is 2.47. The second kappa shape index (κ2) is 5.00. The number of carbonyl (C=O) groups excluding carboxylic acids is 3. The van der Waals surface area contributed by atoms with E-state index < -0.39 is 29.6 Å². The van der Waals surface area contributed by atoms with Crippen molar-refractivity contribution in [3.63, 3.8) is 0 Å². The Morgan fingerprint density at radius 1 is 1.15 bits per heavy atom. The Bertz CT molecular complexity index is 655. The summed E-state index contributed by atoms with van der Waals surface area (Å²) in [4.78, 5) is 36.1. The van der Waals surface area contributed by atoms with E-state index in [1.165, 1.54) is 13.8 Å². The molecule has 0 bridgehead atoms. The second-order valence-electron chi connectivity index (χ2n) is 5.69. The molecule has 1 saturated heterocycles. The lowest BCUT2D eigenvalue weighted by molar-refractivity contribution is -0.147. The Hall–Kier alpha value is -1.71. The molecule has 0 spiro atoms. The third-order valence-corrected chi connectivity index (χ3v) is 4.17. The lowest BCUT2D eigenvalue weighted by Crippen LogP contribution is -2.26. The predicted molar refractivity (Wildman–Crippen MR) is 74.1 cm³/mol. The minimum atomic E-state index is -2.64. The van der Waals surface area contributed by atoms with Gasteiger partial charge < -0.3 is 4.74 Å². The van der Waals surface area contributed by atoms with E-state index in [-0.39, 0.29) is 29.1 Å². The zero-order chi connectivity index (χ0) is 17.6. The summed E-state index contributed by atoms with van der Waals surface area (Å²) >= 11 is 0. The molecule has 0 aromatic rings. The summed E-state index contributed by atoms with van der Waals surface area (Å²) < 4.78 is 28.0. The van der Waals surface area contributed by atoms with Crippen LogP contribution < -0.4 is 0 Å². The average molecular weight is 279 g/mol. The van der Waals surface area contributed by atoms with Crippen LogP contribution in [0.4, 0.5) is 0 Å². The van der Waals surface area contributed by atoms with Crippen LogP contribution in [0.2, 0.25) is 0 Å². The molecule has 1 heterocycles. The van der Waals surface area contributed by atoms with E-state index >= 15 is 0 Å². The minimum absolute atomic E-state index is 0.0299. The number of hydrogen-bond donors (Lipinski definition) is 0. The molecule has 1 atom stereocenters. The molecule has 1 aliphatic heterocycles. The van der Waals surface area contributed by atoms with E-state index in [2.05, 4.69) is 0 Å². The molecule has 1 unspecified atom stereocenters. The fraction of sp³-hybridized carbons (Fsp3) is 0.562. The first kappa shape index (κ1) is 11.0. The van der Waals surface area contributed by atoms with E-state index in [1.807, 2.05) is 0 Å². The molecule has 0 aromatic heterocycles. The summed E-state index contributed by atoms with van der Waals surface area (Å²) in [6.07, 6.45) is 1.26. The summed E-state index contributed by atoms with van der Waals surface area (Å²) in [6, 6.07) is 0. The van der Waals surface area contributed by atoms with Crippen LogP contribution in [0.15, 0.2) is 22.3 Å². The standard InChI is InChI=1S/C16H20O4/c1-9-10(2)15(19)12(11(3)14(9)18)5-7-16(4)8-6-13(17)20-16/h5-8H2,1-4H3/i3D3. The first-order valence-electron chi connectivity index (χ1n) is 8.18. The van der Waals surface area contributed by atoms with Crippen molar-refractivity contribution in [3.8, 4) is 0 Å². The fourth-order valence-corrected chi connectivity index (χ4v) is 2.55. The molecule has 2 aliphatic rings. The van der Waals surface area contributed by atoms with Crippen LogP contribution in [0, 0.1) is 0 Å². The van der Waals surface area contributed by atoms with E-state index in [0.717, 1.165) is 0 Å². The molecule has 0 saturated carbocycles. The average Bonchev–Trinajstić information content (AvgIpc) is 2.77. The molecule has 0 N–H and O–H groups in total. The van der Waals surface area contributed by atoms with Gasteiger partial charge in [0.05, 0.1) is 0 Å². The van der Waals surface area contributed by atoms with Crippen molar-refractivity contribution >= 4 is 17.5 Å². The van der Waals surface area contributed by atoms with Crippen LogP contribution in [0.1, 0.15) is 57.4 Å². The van der Waals surface area contributed by atoms with Crippen molar-refractivity contribution in [3.05, 3.63) is 22.3 Å². The highest BCUT2D eigenvalue weighted by Gasteiger charge is 2.37. The Kier molecular flexibility index (Phi) is 2.75. The third-order valence-electron chi connectivity index (χ3n) is 4.17. The molecule has 4 nitrogen and oxygen atoms in total. The second-order valence-corrected chi connectivity index (χ2v) is 5.69. The van der Waals surface area contributed by atoms with Gasteiger partial charge >= 0.3 is 5.97 Å². The summed E-state index contributed by atoms with van der Waals surface area (Å²) in [5.74, 6) is -1.29. The van der Waals surface area contributed by atoms with Gasteiger partial charge in [-0.1, -0.05) is 0 Å². The number of ketones is 2. The van der Waals surface area contributed by atoms with Gasteiger partial charge in [0.1, 0.15) is 5.60 Å². The van der Waals surface area contributed by atoms with E-state index in [9.17, 15) is 14.4 Å². The fourth-order valence-electron chi connectivity index (χ4n) is 2.55. The van der Waals surface area contributed by atoms with Gasteiger partial charge in [-0.3, -0.25) is 14.4 Å². The molecular weight excluding hydrogens is 256 g/mol. The molecule has 4 heteroatoms. The topological polar surface area (TPSA) is 60.4 Å². The maximum absolute atomic E-state index is 12.5. The lowest BCUT2D eigenvalue weighted by Gasteiger charge is -2.25. The van der Waals surface area contributed by atoms with Crippen LogP contribution in [-0.2, 0) is 19.1 Å². The van der Waals surface area contributed by atoms with E-state index in [4.69, 9.17) is 8.85 Å². The van der Waals surface area contributed by atoms with Crippen LogP contribution in [0.5, 0.6) is 0 Å². The van der Waals surface area contributed by atoms with Crippen LogP contribution in [0.3, 0.4) is 0 Å². The molecule has 0 amide bonds. The van der Waals surface area contributed by atoms with Crippen molar-refractivity contribution < 1.29 is 23.2 Å². The molecule has 1 aliphatic carbocycles. The highest BCUT2D eigenvalue weighted by Crippen LogP contribution is 2.34. The number of Topliss-reactive ketones (excluding diaryl/α,β-unsaturated/α-hetero) is 2. The smallest absolute Gasteiger partial charge is 0.306 e. The van der Waals surface area contributed by atoms with Crippen LogP contribution >= 0.6 is 0 Å². The van der Waals surface area contributed by atoms with Crippen molar-refractivity contribution in [1.82, 2.24) is 0 Å². The number of hydrogen-bond acceptors (Lipinski definition) is 4. The van der Waals surface area contributed by atoms with Gasteiger partial charge in [-0.05, 0) is 46.9 Å². The SMILES string of the molecule is [2H]C([2H])([2H])C1=C(CCC2(C)CCC(=O)O2)C(=O)C(C)=C(C)C1=O. The van der Waals surface area contributed by atoms with Gasteiger partial charge in [-0.15, -0.1) is 0 Å². The minimum Gasteiger partial charge on any atom is -0.459 e. The summed E-state index contributed by atoms with van der Waals surface area (Å²) in [5, 5.41) is 0. The molecular formula is C16H20O4. The van der Waals surface area contributed by atoms with Gasteiger partial charge in [0, 0.05) is 32.8 Å². The first-order valence-corrected chi connectivity index (χ1v) is 6.68. The van der Waals surface area contributed by atoms with Crippen LogP contribution in [-0.4, -0.2) is 23.1 Å². The van der Waals surface area contributed by atoms with E-state index in [0.29, 0.717) is 19.3 Å². The number of cyclic esters (lactones) is 1. The van der Waals surface area contributed by atoms with Gasteiger partial charge in [-0.2, -0.15) is 0 Å². The quantitative estimate of drug-likeness (QED) is 0.588. The van der Waals surface area contributed by atoms with Crippen LogP contribution in [0.25, 0.3) is 0 Å². The zero-order valence-corrected chi connectivity index (χ0v) is 12.0. The first-order chi connectivity index (χ1) is 10.5. The Labute approximate surface area is 123 Å². The molecule has 20 heavy (non-hydrogen) atoms. The molecule has 1 fully saturated rings. The number of esters is 1.